The molecule has 1 aliphatic heterocycles. The molecule has 1 aliphatic rings. The third-order valence-electron chi connectivity index (χ3n) is 3.78. The van der Waals surface area contributed by atoms with Gasteiger partial charge in [0.05, 0.1) is 0 Å². The van der Waals surface area contributed by atoms with Crippen LogP contribution in [0, 0.1) is 0 Å². The van der Waals surface area contributed by atoms with Gasteiger partial charge in [-0.15, -0.1) is 0 Å². The Morgan fingerprint density at radius 1 is 1.17 bits per heavy atom. The quantitative estimate of drug-likeness (QED) is 0.902. The van der Waals surface area contributed by atoms with E-state index in [-0.39, 0.29) is 12.8 Å². The van der Waals surface area contributed by atoms with Gasteiger partial charge in [0.25, 0.3) is 0 Å². The fraction of sp³-hybridized carbons (Fsp3) is 0.278. The molecule has 126 valence electrons. The minimum atomic E-state index is -0.116. The largest absolute Gasteiger partial charge is 0.454 e. The molecule has 0 aliphatic carbocycles. The second-order valence-corrected chi connectivity index (χ2v) is 6.09. The Morgan fingerprint density at radius 2 is 2.00 bits per heavy atom. The number of urea groups is 1. The Labute approximate surface area is 146 Å². The molecule has 24 heavy (non-hydrogen) atoms. The second-order valence-electron chi connectivity index (χ2n) is 5.66. The smallest absolute Gasteiger partial charge is 0.317 e. The van der Waals surface area contributed by atoms with Crippen LogP contribution in [0.1, 0.15) is 11.1 Å². The molecule has 1 N–H and O–H groups in total. The van der Waals surface area contributed by atoms with Gasteiger partial charge in [-0.2, -0.15) is 0 Å². The molecule has 0 saturated heterocycles. The van der Waals surface area contributed by atoms with Gasteiger partial charge in [0.15, 0.2) is 11.5 Å². The number of benzene rings is 2. The lowest BCUT2D eigenvalue weighted by molar-refractivity contribution is 0.174. The maximum absolute atomic E-state index is 12.2. The molecule has 0 aromatic heterocycles. The molecule has 2 aromatic carbocycles. The molecule has 2 amide bonds. The van der Waals surface area contributed by atoms with Gasteiger partial charge in [0.1, 0.15) is 0 Å². The van der Waals surface area contributed by atoms with Gasteiger partial charge in [0, 0.05) is 25.2 Å². The van der Waals surface area contributed by atoms with Crippen molar-refractivity contribution in [1.29, 1.82) is 0 Å². The van der Waals surface area contributed by atoms with E-state index < -0.39 is 0 Å². The molecule has 0 radical (unpaired) electrons. The van der Waals surface area contributed by atoms with Gasteiger partial charge < -0.3 is 19.7 Å². The molecule has 0 spiro atoms. The lowest BCUT2D eigenvalue weighted by atomic mass is 10.1. The van der Waals surface area contributed by atoms with E-state index in [1.165, 1.54) is 0 Å². The van der Waals surface area contributed by atoms with Crippen LogP contribution < -0.4 is 14.8 Å². The number of fused-ring (bicyclic) bond motifs is 1. The first-order valence-electron chi connectivity index (χ1n) is 7.74. The molecule has 3 rings (SSSR count). The van der Waals surface area contributed by atoms with Crippen LogP contribution in [0.2, 0.25) is 5.02 Å². The summed E-state index contributed by atoms with van der Waals surface area (Å²) in [5.74, 6) is 1.47. The summed E-state index contributed by atoms with van der Waals surface area (Å²) >= 11 is 5.95. The zero-order chi connectivity index (χ0) is 16.9. The fourth-order valence-corrected chi connectivity index (χ4v) is 2.74. The zero-order valence-corrected chi connectivity index (χ0v) is 14.2. The summed E-state index contributed by atoms with van der Waals surface area (Å²) in [6, 6.07) is 13.2. The van der Waals surface area contributed by atoms with Crippen molar-refractivity contribution >= 4 is 17.6 Å². The van der Waals surface area contributed by atoms with Crippen molar-refractivity contribution in [2.45, 2.75) is 13.0 Å². The van der Waals surface area contributed by atoms with Crippen molar-refractivity contribution in [2.75, 3.05) is 20.4 Å². The molecule has 1 heterocycles. The second kappa shape index (κ2) is 7.45. The molecule has 0 saturated carbocycles. The summed E-state index contributed by atoms with van der Waals surface area (Å²) in [4.78, 5) is 13.8. The molecule has 5 nitrogen and oxygen atoms in total. The normalized spacial score (nSPS) is 12.1. The molecule has 0 unspecified atom stereocenters. The van der Waals surface area contributed by atoms with Crippen LogP contribution in [0.3, 0.4) is 0 Å². The number of rotatable bonds is 5. The average molecular weight is 347 g/mol. The van der Waals surface area contributed by atoms with Crippen molar-refractivity contribution in [3.63, 3.8) is 0 Å². The van der Waals surface area contributed by atoms with Crippen molar-refractivity contribution in [3.8, 4) is 11.5 Å². The number of carbonyl (C=O) groups is 1. The predicted octanol–water partition coefficient (Wildman–Crippen LogP) is 3.45. The Morgan fingerprint density at radius 3 is 2.83 bits per heavy atom. The highest BCUT2D eigenvalue weighted by Gasteiger charge is 2.15. The summed E-state index contributed by atoms with van der Waals surface area (Å²) < 4.78 is 10.6. The van der Waals surface area contributed by atoms with Crippen molar-refractivity contribution < 1.29 is 14.3 Å². The fourth-order valence-electron chi connectivity index (χ4n) is 2.53. The minimum absolute atomic E-state index is 0.116. The number of hydrogen-bond donors (Lipinski definition) is 1. The van der Waals surface area contributed by atoms with Gasteiger partial charge in [-0.25, -0.2) is 4.79 Å². The van der Waals surface area contributed by atoms with Crippen molar-refractivity contribution in [1.82, 2.24) is 10.2 Å². The van der Waals surface area contributed by atoms with Crippen LogP contribution in [0.5, 0.6) is 11.5 Å². The van der Waals surface area contributed by atoms with E-state index in [4.69, 9.17) is 21.1 Å². The standard InChI is InChI=1S/C18H19ClN2O3/c1-21(11-14-5-6-16-17(10-14)24-12-23-16)18(22)20-8-7-13-3-2-4-15(19)9-13/h2-6,9-10H,7-8,11-12H2,1H3,(H,20,22). The lowest BCUT2D eigenvalue weighted by Crippen LogP contribution is -2.37. The van der Waals surface area contributed by atoms with Crippen molar-refractivity contribution in [2.24, 2.45) is 0 Å². The summed E-state index contributed by atoms with van der Waals surface area (Å²) in [5.41, 5.74) is 2.09. The van der Waals surface area contributed by atoms with Crippen LogP contribution >= 0.6 is 11.6 Å². The van der Waals surface area contributed by atoms with Gasteiger partial charge in [-0.1, -0.05) is 29.8 Å². The first kappa shape index (κ1) is 16.5. The third kappa shape index (κ3) is 4.11. The Bertz CT molecular complexity index is 736. The van der Waals surface area contributed by atoms with Crippen LogP contribution in [0.15, 0.2) is 42.5 Å². The van der Waals surface area contributed by atoms with Crippen LogP contribution in [0.4, 0.5) is 4.79 Å². The van der Waals surface area contributed by atoms with Crippen LogP contribution in [0.25, 0.3) is 0 Å². The number of nitrogens with zero attached hydrogens (tertiary/aromatic N) is 1. The van der Waals surface area contributed by atoms with E-state index in [2.05, 4.69) is 5.32 Å². The maximum atomic E-state index is 12.2. The summed E-state index contributed by atoms with van der Waals surface area (Å²) in [6.07, 6.45) is 0.740. The Balaban J connectivity index is 1.48. The molecule has 0 fully saturated rings. The number of hydrogen-bond acceptors (Lipinski definition) is 3. The lowest BCUT2D eigenvalue weighted by Gasteiger charge is -2.18. The number of amides is 2. The van der Waals surface area contributed by atoms with E-state index in [1.54, 1.807) is 11.9 Å². The first-order valence-corrected chi connectivity index (χ1v) is 8.11. The van der Waals surface area contributed by atoms with Crippen LogP contribution in [-0.4, -0.2) is 31.3 Å². The molecule has 2 aromatic rings. The molecule has 0 atom stereocenters. The van der Waals surface area contributed by atoms with E-state index >= 15 is 0 Å². The SMILES string of the molecule is CN(Cc1ccc2c(c1)OCO2)C(=O)NCCc1cccc(Cl)c1. The van der Waals surface area contributed by atoms with E-state index in [9.17, 15) is 4.79 Å². The van der Waals surface area contributed by atoms with Gasteiger partial charge in [-0.05, 0) is 41.8 Å². The van der Waals surface area contributed by atoms with Gasteiger partial charge in [0.2, 0.25) is 6.79 Å². The number of ether oxygens (including phenoxy) is 2. The van der Waals surface area contributed by atoms with Crippen LogP contribution in [-0.2, 0) is 13.0 Å². The van der Waals surface area contributed by atoms with E-state index in [1.807, 2.05) is 42.5 Å². The topological polar surface area (TPSA) is 50.8 Å². The highest BCUT2D eigenvalue weighted by atomic mass is 35.5. The predicted molar refractivity (Wildman–Crippen MR) is 92.6 cm³/mol. The van der Waals surface area contributed by atoms with Gasteiger partial charge >= 0.3 is 6.03 Å². The highest BCUT2D eigenvalue weighted by molar-refractivity contribution is 6.30. The van der Waals surface area contributed by atoms with Crippen molar-refractivity contribution in [3.05, 3.63) is 58.6 Å². The van der Waals surface area contributed by atoms with Gasteiger partial charge in [-0.3, -0.25) is 0 Å². The molecule has 0 bridgehead atoms. The zero-order valence-electron chi connectivity index (χ0n) is 13.4. The highest BCUT2D eigenvalue weighted by Crippen LogP contribution is 2.32. The molecule has 6 heteroatoms. The number of nitrogens with one attached hydrogen (secondary N) is 1. The Hall–Kier alpha value is -2.40. The molecular formula is C18H19ClN2O3. The van der Waals surface area contributed by atoms with E-state index in [0.717, 1.165) is 29.0 Å². The first-order chi connectivity index (χ1) is 11.6. The summed E-state index contributed by atoms with van der Waals surface area (Å²) in [7, 11) is 1.76. The number of carbonyl (C=O) groups excluding carboxylic acids is 1. The maximum Gasteiger partial charge on any atom is 0.317 e. The summed E-state index contributed by atoms with van der Waals surface area (Å²) in [6.45, 7) is 1.31. The monoisotopic (exact) mass is 346 g/mol. The summed E-state index contributed by atoms with van der Waals surface area (Å²) in [5, 5.41) is 3.62. The minimum Gasteiger partial charge on any atom is -0.454 e. The average Bonchev–Trinajstić information content (AvgIpc) is 3.02. The number of halogens is 1. The molecular weight excluding hydrogens is 328 g/mol. The Kier molecular flexibility index (Phi) is 5.11. The third-order valence-corrected chi connectivity index (χ3v) is 4.02. The van der Waals surface area contributed by atoms with E-state index in [0.29, 0.717) is 18.1 Å².